The van der Waals surface area contributed by atoms with Crippen molar-refractivity contribution in [3.63, 3.8) is 0 Å². The molecule has 6 N–H and O–H groups in total. The molecule has 0 bridgehead atoms. The van der Waals surface area contributed by atoms with Crippen LogP contribution in [0, 0.1) is 27.7 Å². The highest BCUT2D eigenvalue weighted by molar-refractivity contribution is 8.13. The summed E-state index contributed by atoms with van der Waals surface area (Å²) in [6, 6.07) is 0. The van der Waals surface area contributed by atoms with Crippen LogP contribution < -0.4 is 9.47 Å². The molecule has 1 saturated heterocycles. The lowest BCUT2D eigenvalue weighted by Gasteiger charge is -2.40. The first-order chi connectivity index (χ1) is 20.0. The van der Waals surface area contributed by atoms with Gasteiger partial charge < -0.3 is 44.8 Å². The molecule has 0 aromatic heterocycles. The van der Waals surface area contributed by atoms with Crippen LogP contribution >= 0.6 is 11.8 Å². The van der Waals surface area contributed by atoms with E-state index in [2.05, 4.69) is 0 Å². The van der Waals surface area contributed by atoms with E-state index < -0.39 is 49.0 Å². The highest BCUT2D eigenvalue weighted by Crippen LogP contribution is 2.46. The minimum Gasteiger partial charge on any atom is -0.507 e. The number of thioether (sulfide) groups is 1. The third-order valence-corrected chi connectivity index (χ3v) is 8.50. The van der Waals surface area contributed by atoms with E-state index in [1.165, 1.54) is 6.92 Å². The molecule has 0 radical (unpaired) electrons. The highest BCUT2D eigenvalue weighted by atomic mass is 32.2. The van der Waals surface area contributed by atoms with Crippen LogP contribution in [0.15, 0.2) is 0 Å². The summed E-state index contributed by atoms with van der Waals surface area (Å²) in [5.41, 5.74) is 2.18. The van der Waals surface area contributed by atoms with Crippen molar-refractivity contribution in [2.75, 3.05) is 12.9 Å². The fraction of sp³-hybridized carbons (Fsp3) is 0.548. The number of aliphatic hydroxyl groups is 4. The molecule has 0 unspecified atom stereocenters. The number of esters is 1. The molecular formula is C31H42O11S. The smallest absolute Gasteiger partial charge is 0.347 e. The van der Waals surface area contributed by atoms with Crippen LogP contribution in [0.4, 0.5) is 0 Å². The van der Waals surface area contributed by atoms with Gasteiger partial charge in [-0.05, 0) is 68.0 Å². The largest absolute Gasteiger partial charge is 0.507 e. The Morgan fingerprint density at radius 2 is 1.35 bits per heavy atom. The topological polar surface area (TPSA) is 183 Å². The summed E-state index contributed by atoms with van der Waals surface area (Å²) in [6.07, 6.45) is -6.36. The van der Waals surface area contributed by atoms with Gasteiger partial charge in [0.2, 0.25) is 11.4 Å². The second kappa shape index (κ2) is 13.4. The summed E-state index contributed by atoms with van der Waals surface area (Å²) in [6.45, 7) is 13.0. The Morgan fingerprint density at radius 1 is 0.791 bits per heavy atom. The molecule has 0 spiro atoms. The second-order valence-electron chi connectivity index (χ2n) is 11.4. The van der Waals surface area contributed by atoms with E-state index >= 15 is 0 Å². The van der Waals surface area contributed by atoms with E-state index in [0.717, 1.165) is 11.8 Å². The number of phenolic OH excluding ortho intramolecular Hbond substituents is 2. The monoisotopic (exact) mass is 622 g/mol. The number of phenols is 2. The van der Waals surface area contributed by atoms with Crippen LogP contribution in [-0.4, -0.2) is 85.3 Å². The zero-order chi connectivity index (χ0) is 32.7. The molecular weight excluding hydrogens is 580 g/mol. The molecule has 2 aromatic carbocycles. The summed E-state index contributed by atoms with van der Waals surface area (Å²) in [5.74, 6) is -2.00. The van der Waals surface area contributed by atoms with Gasteiger partial charge >= 0.3 is 5.97 Å². The van der Waals surface area contributed by atoms with Crippen LogP contribution in [-0.2, 0) is 4.74 Å². The second-order valence-corrected chi connectivity index (χ2v) is 12.2. The van der Waals surface area contributed by atoms with Gasteiger partial charge in [0.05, 0.1) is 12.2 Å². The molecule has 0 amide bonds. The standard InChI is InChI=1S/C31H42O11S/c1-11(2)18-13(5)22(33)15(7)23(34)20(18)29(38)41-27-14(6)19(12(3)4)21(30(39)43-9)28(16(27)8)42-31-26(37)25(36)24(35)17(10-32)40-31/h11-12,17,24-26,31-37H,10H2,1-9H3/t17-,24-,25+,26-,31+/m1/s1. The fourth-order valence-corrected chi connectivity index (χ4v) is 6.11. The Bertz CT molecular complexity index is 1400. The molecule has 11 nitrogen and oxygen atoms in total. The Kier molecular flexibility index (Phi) is 10.8. The summed E-state index contributed by atoms with van der Waals surface area (Å²) in [7, 11) is 0. The van der Waals surface area contributed by atoms with E-state index in [4.69, 9.17) is 14.2 Å². The van der Waals surface area contributed by atoms with Crippen LogP contribution in [0.25, 0.3) is 0 Å². The van der Waals surface area contributed by atoms with Gasteiger partial charge in [0, 0.05) is 11.1 Å². The van der Waals surface area contributed by atoms with Crippen LogP contribution in [0.2, 0.25) is 0 Å². The van der Waals surface area contributed by atoms with Gasteiger partial charge in [-0.15, -0.1) is 0 Å². The average Bonchev–Trinajstić information content (AvgIpc) is 2.95. The first-order valence-corrected chi connectivity index (χ1v) is 15.2. The lowest BCUT2D eigenvalue weighted by Crippen LogP contribution is -2.60. The predicted octanol–water partition coefficient (Wildman–Crippen LogP) is 3.48. The molecule has 1 aliphatic heterocycles. The maximum Gasteiger partial charge on any atom is 0.347 e. The molecule has 0 saturated carbocycles. The zero-order valence-corrected chi connectivity index (χ0v) is 26.7. The number of hydrogen-bond donors (Lipinski definition) is 6. The molecule has 12 heteroatoms. The van der Waals surface area contributed by atoms with E-state index in [1.54, 1.807) is 27.0 Å². The summed E-state index contributed by atoms with van der Waals surface area (Å²) >= 11 is 0.922. The quantitative estimate of drug-likeness (QED) is 0.186. The summed E-state index contributed by atoms with van der Waals surface area (Å²) in [4.78, 5) is 27.2. The van der Waals surface area contributed by atoms with Crippen molar-refractivity contribution in [2.24, 2.45) is 0 Å². The minimum absolute atomic E-state index is 0.0448. The first kappa shape index (κ1) is 34.6. The third kappa shape index (κ3) is 6.22. The normalized spacial score (nSPS) is 22.3. The lowest BCUT2D eigenvalue weighted by atomic mass is 9.88. The van der Waals surface area contributed by atoms with Crippen LogP contribution in [0.5, 0.6) is 23.0 Å². The number of carbonyl (C=O) groups excluding carboxylic acids is 2. The third-order valence-electron chi connectivity index (χ3n) is 7.92. The molecule has 43 heavy (non-hydrogen) atoms. The van der Waals surface area contributed by atoms with Crippen molar-refractivity contribution in [3.05, 3.63) is 44.5 Å². The highest BCUT2D eigenvalue weighted by Gasteiger charge is 2.45. The van der Waals surface area contributed by atoms with Crippen LogP contribution in [0.1, 0.15) is 93.6 Å². The van der Waals surface area contributed by atoms with Crippen molar-refractivity contribution in [2.45, 2.75) is 97.9 Å². The molecule has 3 rings (SSSR count). The Labute approximate surface area is 255 Å². The molecule has 1 heterocycles. The fourth-order valence-electron chi connectivity index (χ4n) is 5.71. The Hall–Kier alpha value is -2.87. The van der Waals surface area contributed by atoms with Crippen molar-refractivity contribution < 1.29 is 54.4 Å². The number of aromatic hydroxyl groups is 2. The van der Waals surface area contributed by atoms with Gasteiger partial charge in [-0.1, -0.05) is 39.5 Å². The Balaban J connectivity index is 2.27. The lowest BCUT2D eigenvalue weighted by molar-refractivity contribution is -0.277. The number of carbonyl (C=O) groups is 2. The van der Waals surface area contributed by atoms with Crippen molar-refractivity contribution in [1.29, 1.82) is 0 Å². The molecule has 5 atom stereocenters. The van der Waals surface area contributed by atoms with Crippen molar-refractivity contribution in [1.82, 2.24) is 0 Å². The van der Waals surface area contributed by atoms with E-state index in [-0.39, 0.29) is 56.5 Å². The van der Waals surface area contributed by atoms with E-state index in [9.17, 15) is 40.2 Å². The van der Waals surface area contributed by atoms with Gasteiger partial charge in [-0.25, -0.2) is 4.79 Å². The first-order valence-electron chi connectivity index (χ1n) is 14.0. The van der Waals surface area contributed by atoms with E-state index in [0.29, 0.717) is 22.3 Å². The van der Waals surface area contributed by atoms with Gasteiger partial charge in [0.15, 0.2) is 0 Å². The Morgan fingerprint density at radius 3 is 1.86 bits per heavy atom. The molecule has 0 aliphatic carbocycles. The number of benzene rings is 2. The maximum absolute atomic E-state index is 13.8. The number of ether oxygens (including phenoxy) is 3. The number of aliphatic hydroxyl groups excluding tert-OH is 4. The average molecular weight is 623 g/mol. The molecule has 1 fully saturated rings. The van der Waals surface area contributed by atoms with Crippen molar-refractivity contribution >= 4 is 22.8 Å². The molecule has 238 valence electrons. The van der Waals surface area contributed by atoms with Gasteiger partial charge in [0.25, 0.3) is 0 Å². The molecule has 2 aromatic rings. The predicted molar refractivity (Wildman–Crippen MR) is 161 cm³/mol. The summed E-state index contributed by atoms with van der Waals surface area (Å²) < 4.78 is 17.6. The summed E-state index contributed by atoms with van der Waals surface area (Å²) in [5, 5.41) is 62.0. The maximum atomic E-state index is 13.8. The minimum atomic E-state index is -1.75. The number of rotatable bonds is 8. The zero-order valence-electron chi connectivity index (χ0n) is 25.9. The SMILES string of the molecule is CSC(=O)c1c(O[C@@H]2O[C@H](CO)[C@@H](O)[C@H](O)[C@H]2O)c(C)c(OC(=O)c2c(O)c(C)c(O)c(C)c2C(C)C)c(C)c1C(C)C. The van der Waals surface area contributed by atoms with Gasteiger partial charge in [0.1, 0.15) is 53.0 Å². The van der Waals surface area contributed by atoms with Gasteiger partial charge in [-0.2, -0.15) is 0 Å². The molecule has 1 aliphatic rings. The van der Waals surface area contributed by atoms with Crippen LogP contribution in [0.3, 0.4) is 0 Å². The van der Waals surface area contributed by atoms with E-state index in [1.807, 2.05) is 27.7 Å². The number of hydrogen-bond acceptors (Lipinski definition) is 12. The van der Waals surface area contributed by atoms with Crippen molar-refractivity contribution in [3.8, 4) is 23.0 Å². The van der Waals surface area contributed by atoms with Gasteiger partial charge in [-0.3, -0.25) is 4.79 Å².